The molecule has 6 heteroatoms. The van der Waals surface area contributed by atoms with Crippen LogP contribution in [0, 0.1) is 6.92 Å². The number of aryl methyl sites for hydroxylation is 1. The Kier molecular flexibility index (Phi) is 5.64. The number of nitrogens with one attached hydrogen (secondary N) is 1. The zero-order chi connectivity index (χ0) is 19.4. The smallest absolute Gasteiger partial charge is 0.265 e. The van der Waals surface area contributed by atoms with Crippen molar-refractivity contribution in [2.45, 2.75) is 32.8 Å². The molecule has 2 aromatic rings. The topological polar surface area (TPSA) is 67.9 Å². The lowest BCUT2D eigenvalue weighted by Gasteiger charge is -2.18. The zero-order valence-electron chi connectivity index (χ0n) is 15.8. The van der Waals surface area contributed by atoms with E-state index in [-0.39, 0.29) is 11.8 Å². The maximum Gasteiger partial charge on any atom is 0.265 e. The molecule has 1 atom stereocenters. The molecule has 1 heterocycles. The first-order valence-corrected chi connectivity index (χ1v) is 9.00. The average Bonchev–Trinajstić information content (AvgIpc) is 3.08. The molecule has 1 aliphatic heterocycles. The Morgan fingerprint density at radius 1 is 1.19 bits per heavy atom. The molecule has 142 valence electrons. The second kappa shape index (κ2) is 8.12. The van der Waals surface area contributed by atoms with Gasteiger partial charge in [-0.05, 0) is 62.2 Å². The summed E-state index contributed by atoms with van der Waals surface area (Å²) < 4.78 is 11.0. The Morgan fingerprint density at radius 3 is 2.56 bits per heavy atom. The Bertz CT molecular complexity index is 833. The first kappa shape index (κ1) is 18.8. The number of ether oxygens (including phenoxy) is 2. The number of benzene rings is 2. The van der Waals surface area contributed by atoms with Crippen LogP contribution in [0.25, 0.3) is 0 Å². The lowest BCUT2D eigenvalue weighted by molar-refractivity contribution is -0.122. The number of hydrogen-bond acceptors (Lipinski definition) is 4. The van der Waals surface area contributed by atoms with Crippen LogP contribution in [0.2, 0.25) is 0 Å². The number of methoxy groups -OCH3 is 1. The van der Waals surface area contributed by atoms with Crippen molar-refractivity contribution in [3.8, 4) is 11.5 Å². The first-order chi connectivity index (χ1) is 13.0. The molecule has 0 spiro atoms. The minimum atomic E-state index is -0.686. The number of carbonyl (C=O) groups excluding carboxylic acids is 2. The van der Waals surface area contributed by atoms with Crippen molar-refractivity contribution in [1.29, 1.82) is 0 Å². The molecule has 0 radical (unpaired) electrons. The molecular formula is C21H24N2O4. The zero-order valence-corrected chi connectivity index (χ0v) is 15.8. The van der Waals surface area contributed by atoms with E-state index in [1.54, 1.807) is 31.1 Å². The van der Waals surface area contributed by atoms with Gasteiger partial charge in [-0.2, -0.15) is 0 Å². The van der Waals surface area contributed by atoms with Crippen molar-refractivity contribution in [2.75, 3.05) is 23.9 Å². The molecule has 1 fully saturated rings. The maximum absolute atomic E-state index is 12.5. The summed E-state index contributed by atoms with van der Waals surface area (Å²) in [5.41, 5.74) is 2.49. The van der Waals surface area contributed by atoms with Gasteiger partial charge in [0, 0.05) is 18.7 Å². The van der Waals surface area contributed by atoms with E-state index in [1.165, 1.54) is 0 Å². The van der Waals surface area contributed by atoms with E-state index in [2.05, 4.69) is 5.32 Å². The summed E-state index contributed by atoms with van der Waals surface area (Å²) in [6.45, 7) is 4.38. The molecule has 0 bridgehead atoms. The van der Waals surface area contributed by atoms with Gasteiger partial charge in [0.25, 0.3) is 5.91 Å². The van der Waals surface area contributed by atoms with E-state index in [4.69, 9.17) is 9.47 Å². The molecule has 0 unspecified atom stereocenters. The van der Waals surface area contributed by atoms with Crippen molar-refractivity contribution in [1.82, 2.24) is 0 Å². The van der Waals surface area contributed by atoms with Crippen LogP contribution < -0.4 is 19.7 Å². The van der Waals surface area contributed by atoms with Gasteiger partial charge in [0.05, 0.1) is 12.8 Å². The van der Waals surface area contributed by atoms with Crippen LogP contribution in [-0.2, 0) is 9.59 Å². The summed E-state index contributed by atoms with van der Waals surface area (Å²) in [7, 11) is 1.56. The summed E-state index contributed by atoms with van der Waals surface area (Å²) in [5, 5.41) is 2.84. The van der Waals surface area contributed by atoms with Gasteiger partial charge in [-0.1, -0.05) is 6.07 Å². The van der Waals surface area contributed by atoms with Crippen LogP contribution >= 0.6 is 0 Å². The third kappa shape index (κ3) is 4.39. The highest BCUT2D eigenvalue weighted by Crippen LogP contribution is 2.26. The molecule has 0 aromatic heterocycles. The monoisotopic (exact) mass is 368 g/mol. The maximum atomic E-state index is 12.5. The minimum absolute atomic E-state index is 0.142. The van der Waals surface area contributed by atoms with E-state index >= 15 is 0 Å². The molecule has 3 rings (SSSR count). The fourth-order valence-electron chi connectivity index (χ4n) is 3.04. The predicted octanol–water partition coefficient (Wildman–Crippen LogP) is 3.54. The molecular weight excluding hydrogens is 344 g/mol. The Hall–Kier alpha value is -3.02. The Balaban J connectivity index is 1.63. The average molecular weight is 368 g/mol. The summed E-state index contributed by atoms with van der Waals surface area (Å²) in [6, 6.07) is 12.8. The van der Waals surface area contributed by atoms with E-state index in [0.29, 0.717) is 23.6 Å². The standard InChI is InChI=1S/C21H24N2O4/c1-14-6-11-19(26-3)18(13-14)22-21(25)15(2)27-17-9-7-16(8-10-17)23-12-4-5-20(23)24/h6-11,13,15H,4-5,12H2,1-3H3,(H,22,25)/t15-/m1/s1. The van der Waals surface area contributed by atoms with Gasteiger partial charge in [0.15, 0.2) is 6.10 Å². The van der Waals surface area contributed by atoms with Crippen molar-refractivity contribution in [2.24, 2.45) is 0 Å². The molecule has 1 N–H and O–H groups in total. The lowest BCUT2D eigenvalue weighted by Crippen LogP contribution is -2.30. The van der Waals surface area contributed by atoms with Crippen molar-refractivity contribution in [3.63, 3.8) is 0 Å². The number of rotatable bonds is 6. The fraction of sp³-hybridized carbons (Fsp3) is 0.333. The van der Waals surface area contributed by atoms with Crippen LogP contribution in [0.1, 0.15) is 25.3 Å². The van der Waals surface area contributed by atoms with E-state index in [1.807, 2.05) is 37.3 Å². The van der Waals surface area contributed by atoms with Gasteiger partial charge >= 0.3 is 0 Å². The van der Waals surface area contributed by atoms with Crippen LogP contribution in [0.15, 0.2) is 42.5 Å². The Labute approximate surface area is 159 Å². The highest BCUT2D eigenvalue weighted by molar-refractivity contribution is 5.96. The van der Waals surface area contributed by atoms with Gasteiger partial charge in [-0.15, -0.1) is 0 Å². The van der Waals surface area contributed by atoms with Crippen molar-refractivity contribution >= 4 is 23.2 Å². The number of amides is 2. The number of anilines is 2. The lowest BCUT2D eigenvalue weighted by atomic mass is 10.2. The summed E-state index contributed by atoms with van der Waals surface area (Å²) in [4.78, 5) is 26.0. The van der Waals surface area contributed by atoms with Crippen LogP contribution in [0.5, 0.6) is 11.5 Å². The molecule has 0 saturated carbocycles. The summed E-state index contributed by atoms with van der Waals surface area (Å²) >= 11 is 0. The minimum Gasteiger partial charge on any atom is -0.495 e. The second-order valence-corrected chi connectivity index (χ2v) is 6.60. The SMILES string of the molecule is COc1ccc(C)cc1NC(=O)[C@@H](C)Oc1ccc(N2CCCC2=O)cc1. The van der Waals surface area contributed by atoms with Gasteiger partial charge < -0.3 is 19.7 Å². The highest BCUT2D eigenvalue weighted by atomic mass is 16.5. The second-order valence-electron chi connectivity index (χ2n) is 6.60. The van der Waals surface area contributed by atoms with Crippen LogP contribution in [0.3, 0.4) is 0 Å². The molecule has 2 aromatic carbocycles. The van der Waals surface area contributed by atoms with Crippen LogP contribution in [0.4, 0.5) is 11.4 Å². The van der Waals surface area contributed by atoms with Crippen LogP contribution in [-0.4, -0.2) is 31.6 Å². The highest BCUT2D eigenvalue weighted by Gasteiger charge is 2.22. The van der Waals surface area contributed by atoms with E-state index in [9.17, 15) is 9.59 Å². The third-order valence-electron chi connectivity index (χ3n) is 4.52. The predicted molar refractivity (Wildman–Crippen MR) is 104 cm³/mol. The van der Waals surface area contributed by atoms with Gasteiger partial charge in [-0.3, -0.25) is 9.59 Å². The number of hydrogen-bond donors (Lipinski definition) is 1. The third-order valence-corrected chi connectivity index (χ3v) is 4.52. The number of nitrogens with zero attached hydrogens (tertiary/aromatic N) is 1. The number of carbonyl (C=O) groups is 2. The van der Waals surface area contributed by atoms with Gasteiger partial charge in [0.1, 0.15) is 11.5 Å². The Morgan fingerprint density at radius 2 is 1.93 bits per heavy atom. The fourth-order valence-corrected chi connectivity index (χ4v) is 3.04. The van der Waals surface area contributed by atoms with E-state index in [0.717, 1.165) is 24.2 Å². The quantitative estimate of drug-likeness (QED) is 0.847. The molecule has 2 amide bonds. The van der Waals surface area contributed by atoms with Gasteiger partial charge in [0.2, 0.25) is 5.91 Å². The van der Waals surface area contributed by atoms with Gasteiger partial charge in [-0.25, -0.2) is 0 Å². The molecule has 27 heavy (non-hydrogen) atoms. The summed E-state index contributed by atoms with van der Waals surface area (Å²) in [6.07, 6.45) is 0.795. The van der Waals surface area contributed by atoms with E-state index < -0.39 is 6.10 Å². The molecule has 6 nitrogen and oxygen atoms in total. The molecule has 1 aliphatic rings. The largest absolute Gasteiger partial charge is 0.495 e. The van der Waals surface area contributed by atoms with Crippen molar-refractivity contribution in [3.05, 3.63) is 48.0 Å². The first-order valence-electron chi connectivity index (χ1n) is 9.00. The molecule has 0 aliphatic carbocycles. The summed E-state index contributed by atoms with van der Waals surface area (Å²) in [5.74, 6) is 1.05. The van der Waals surface area contributed by atoms with Crippen molar-refractivity contribution < 1.29 is 19.1 Å². The molecule has 1 saturated heterocycles. The normalized spacial score (nSPS) is 14.8.